The van der Waals surface area contributed by atoms with E-state index in [1.54, 1.807) is 13.8 Å². The second-order valence-corrected chi connectivity index (χ2v) is 4.74. The van der Waals surface area contributed by atoms with E-state index >= 15 is 0 Å². The van der Waals surface area contributed by atoms with Crippen molar-refractivity contribution in [3.8, 4) is 0 Å². The van der Waals surface area contributed by atoms with Gasteiger partial charge >= 0.3 is 0 Å². The number of hydrogen-bond acceptors (Lipinski definition) is 2. The minimum absolute atomic E-state index is 0.542. The van der Waals surface area contributed by atoms with Gasteiger partial charge in [0.25, 0.3) is 0 Å². The van der Waals surface area contributed by atoms with E-state index in [2.05, 4.69) is 12.1 Å². The number of ether oxygens (including phenoxy) is 1. The molecule has 1 fully saturated rings. The number of rotatable bonds is 2. The highest BCUT2D eigenvalue weighted by molar-refractivity contribution is 5.28. The van der Waals surface area contributed by atoms with E-state index in [0.29, 0.717) is 5.92 Å². The molecule has 1 aromatic carbocycles. The van der Waals surface area contributed by atoms with Gasteiger partial charge < -0.3 is 9.84 Å². The smallest absolute Gasteiger partial charge is 0.0840 e. The maximum absolute atomic E-state index is 9.82. The van der Waals surface area contributed by atoms with Crippen LogP contribution < -0.4 is 0 Å². The van der Waals surface area contributed by atoms with Crippen molar-refractivity contribution in [2.45, 2.75) is 31.8 Å². The van der Waals surface area contributed by atoms with Gasteiger partial charge in [0.2, 0.25) is 0 Å². The summed E-state index contributed by atoms with van der Waals surface area (Å²) in [5, 5.41) is 9.82. The largest absolute Gasteiger partial charge is 0.386 e. The molecule has 1 aliphatic rings. The molecule has 2 heteroatoms. The van der Waals surface area contributed by atoms with Gasteiger partial charge in [-0.25, -0.2) is 0 Å². The monoisotopic (exact) mass is 206 g/mol. The second kappa shape index (κ2) is 3.95. The molecule has 2 rings (SSSR count). The molecule has 1 unspecified atom stereocenters. The van der Waals surface area contributed by atoms with Gasteiger partial charge in [-0.3, -0.25) is 0 Å². The van der Waals surface area contributed by atoms with Crippen molar-refractivity contribution in [1.29, 1.82) is 0 Å². The van der Waals surface area contributed by atoms with E-state index in [1.807, 2.05) is 12.1 Å². The lowest BCUT2D eigenvalue weighted by atomic mass is 9.93. The van der Waals surface area contributed by atoms with Crippen LogP contribution in [0.1, 0.15) is 37.3 Å². The minimum Gasteiger partial charge on any atom is -0.386 e. The quantitative estimate of drug-likeness (QED) is 0.805. The number of hydrogen-bond donors (Lipinski definition) is 1. The highest BCUT2D eigenvalue weighted by Gasteiger charge is 2.19. The number of benzene rings is 1. The summed E-state index contributed by atoms with van der Waals surface area (Å²) in [6, 6.07) is 8.22. The highest BCUT2D eigenvalue weighted by atomic mass is 16.5. The fourth-order valence-corrected chi connectivity index (χ4v) is 1.96. The van der Waals surface area contributed by atoms with Gasteiger partial charge in [0.1, 0.15) is 0 Å². The first-order valence-corrected chi connectivity index (χ1v) is 5.48. The lowest BCUT2D eigenvalue weighted by Gasteiger charge is -2.18. The van der Waals surface area contributed by atoms with Crippen LogP contribution >= 0.6 is 0 Å². The molecule has 1 aliphatic heterocycles. The zero-order valence-electron chi connectivity index (χ0n) is 9.36. The number of aliphatic hydroxyl groups is 1. The molecule has 1 atom stereocenters. The standard InChI is InChI=1S/C13H18O2/c1-13(2,14)12-5-3-10(4-6-12)11-7-8-15-9-11/h3-6,11,14H,7-9H2,1-2H3. The average molecular weight is 206 g/mol. The molecule has 1 aromatic rings. The van der Waals surface area contributed by atoms with E-state index in [0.717, 1.165) is 25.2 Å². The summed E-state index contributed by atoms with van der Waals surface area (Å²) in [6.45, 7) is 5.32. The van der Waals surface area contributed by atoms with Crippen molar-refractivity contribution >= 4 is 0 Å². The van der Waals surface area contributed by atoms with E-state index in [1.165, 1.54) is 5.56 Å². The summed E-state index contributed by atoms with van der Waals surface area (Å²) in [4.78, 5) is 0. The van der Waals surface area contributed by atoms with Gasteiger partial charge in [0.15, 0.2) is 0 Å². The first-order valence-electron chi connectivity index (χ1n) is 5.48. The SMILES string of the molecule is CC(C)(O)c1ccc(C2CCOC2)cc1. The van der Waals surface area contributed by atoms with Crippen LogP contribution in [0.15, 0.2) is 24.3 Å². The van der Waals surface area contributed by atoms with Crippen molar-refractivity contribution in [3.05, 3.63) is 35.4 Å². The molecule has 15 heavy (non-hydrogen) atoms. The van der Waals surface area contributed by atoms with E-state index < -0.39 is 5.60 Å². The van der Waals surface area contributed by atoms with Crippen molar-refractivity contribution in [2.24, 2.45) is 0 Å². The Hall–Kier alpha value is -0.860. The third-order valence-electron chi connectivity index (χ3n) is 3.02. The topological polar surface area (TPSA) is 29.5 Å². The first-order chi connectivity index (χ1) is 7.07. The summed E-state index contributed by atoms with van der Waals surface area (Å²) in [6.07, 6.45) is 1.11. The highest BCUT2D eigenvalue weighted by Crippen LogP contribution is 2.27. The van der Waals surface area contributed by atoms with Crippen LogP contribution in [0, 0.1) is 0 Å². The maximum Gasteiger partial charge on any atom is 0.0840 e. The van der Waals surface area contributed by atoms with Crippen LogP contribution in [0.4, 0.5) is 0 Å². The van der Waals surface area contributed by atoms with E-state index in [-0.39, 0.29) is 0 Å². The predicted octanol–water partition coefficient (Wildman–Crippen LogP) is 2.42. The molecule has 0 radical (unpaired) electrons. The third kappa shape index (κ3) is 2.39. The Morgan fingerprint density at radius 1 is 1.27 bits per heavy atom. The molecule has 1 heterocycles. The minimum atomic E-state index is -0.745. The molecule has 0 saturated carbocycles. The van der Waals surface area contributed by atoms with Crippen molar-refractivity contribution in [3.63, 3.8) is 0 Å². The molecule has 1 saturated heterocycles. The van der Waals surface area contributed by atoms with Crippen molar-refractivity contribution in [2.75, 3.05) is 13.2 Å². The van der Waals surface area contributed by atoms with Crippen LogP contribution in [0.2, 0.25) is 0 Å². The lowest BCUT2D eigenvalue weighted by molar-refractivity contribution is 0.0786. The zero-order valence-corrected chi connectivity index (χ0v) is 9.36. The second-order valence-electron chi connectivity index (χ2n) is 4.74. The van der Waals surface area contributed by atoms with Gasteiger partial charge in [-0.15, -0.1) is 0 Å². The normalized spacial score (nSPS) is 21.9. The Kier molecular flexibility index (Phi) is 2.81. The molecular formula is C13H18O2. The summed E-state index contributed by atoms with van der Waals surface area (Å²) >= 11 is 0. The van der Waals surface area contributed by atoms with Crippen LogP contribution in [0.3, 0.4) is 0 Å². The van der Waals surface area contributed by atoms with Gasteiger partial charge in [-0.05, 0) is 31.4 Å². The summed E-state index contributed by atoms with van der Waals surface area (Å²) in [7, 11) is 0. The Morgan fingerprint density at radius 3 is 2.40 bits per heavy atom. The van der Waals surface area contributed by atoms with Crippen LogP contribution in [0.5, 0.6) is 0 Å². The van der Waals surface area contributed by atoms with E-state index in [9.17, 15) is 5.11 Å². The summed E-state index contributed by atoms with van der Waals surface area (Å²) < 4.78 is 5.36. The molecule has 0 bridgehead atoms. The molecule has 0 aromatic heterocycles. The Bertz CT molecular complexity index is 315. The van der Waals surface area contributed by atoms with Crippen LogP contribution in [-0.4, -0.2) is 18.3 Å². The molecule has 2 nitrogen and oxygen atoms in total. The summed E-state index contributed by atoms with van der Waals surface area (Å²) in [5.74, 6) is 0.542. The fraction of sp³-hybridized carbons (Fsp3) is 0.538. The zero-order chi connectivity index (χ0) is 10.9. The fourth-order valence-electron chi connectivity index (χ4n) is 1.96. The van der Waals surface area contributed by atoms with Gasteiger partial charge in [-0.2, -0.15) is 0 Å². The Morgan fingerprint density at radius 2 is 1.93 bits per heavy atom. The molecule has 0 amide bonds. The van der Waals surface area contributed by atoms with Crippen molar-refractivity contribution in [1.82, 2.24) is 0 Å². The molecule has 1 N–H and O–H groups in total. The van der Waals surface area contributed by atoms with Gasteiger partial charge in [-0.1, -0.05) is 24.3 Å². The molecule has 0 aliphatic carbocycles. The Labute approximate surface area is 90.9 Å². The van der Waals surface area contributed by atoms with E-state index in [4.69, 9.17) is 4.74 Å². The summed E-state index contributed by atoms with van der Waals surface area (Å²) in [5.41, 5.74) is 1.54. The molecular weight excluding hydrogens is 188 g/mol. The van der Waals surface area contributed by atoms with Gasteiger partial charge in [0.05, 0.1) is 12.2 Å². The molecule has 0 spiro atoms. The average Bonchev–Trinajstić information content (AvgIpc) is 2.69. The molecule has 82 valence electrons. The predicted molar refractivity (Wildman–Crippen MR) is 59.9 cm³/mol. The van der Waals surface area contributed by atoms with Crippen LogP contribution in [0.25, 0.3) is 0 Å². The maximum atomic E-state index is 9.82. The first kappa shape index (κ1) is 10.7. The van der Waals surface area contributed by atoms with Crippen molar-refractivity contribution < 1.29 is 9.84 Å². The lowest BCUT2D eigenvalue weighted by Crippen LogP contribution is -2.15. The Balaban J connectivity index is 2.16. The van der Waals surface area contributed by atoms with Gasteiger partial charge in [0, 0.05) is 12.5 Å². The third-order valence-corrected chi connectivity index (χ3v) is 3.02. The van der Waals surface area contributed by atoms with Crippen LogP contribution in [-0.2, 0) is 10.3 Å².